The molecule has 3 N–H and O–H groups in total. The Morgan fingerprint density at radius 3 is 2.50 bits per heavy atom. The van der Waals surface area contributed by atoms with Crippen LogP contribution in [0.2, 0.25) is 0 Å². The van der Waals surface area contributed by atoms with Crippen molar-refractivity contribution < 1.29 is 23.9 Å². The third kappa shape index (κ3) is 8.13. The molecule has 1 aliphatic rings. The molecule has 0 unspecified atom stereocenters. The number of urea groups is 1. The molecular formula is C26H30N4O5S. The molecule has 1 aliphatic heterocycles. The normalized spacial score (nSPS) is 15.2. The summed E-state index contributed by atoms with van der Waals surface area (Å²) in [6.07, 6.45) is 0.999. The molecule has 1 aromatic carbocycles. The van der Waals surface area contributed by atoms with Crippen molar-refractivity contribution in [3.63, 3.8) is 0 Å². The minimum Gasteiger partial charge on any atom is -0.444 e. The second-order valence-electron chi connectivity index (χ2n) is 9.34. The Kier molecular flexibility index (Phi) is 8.72. The Morgan fingerprint density at radius 1 is 1.11 bits per heavy atom. The van der Waals surface area contributed by atoms with E-state index < -0.39 is 29.5 Å². The maximum Gasteiger partial charge on any atom is 0.410 e. The summed E-state index contributed by atoms with van der Waals surface area (Å²) in [5, 5.41) is 7.65. The van der Waals surface area contributed by atoms with E-state index in [0.717, 1.165) is 16.9 Å². The van der Waals surface area contributed by atoms with E-state index in [4.69, 9.17) is 4.74 Å². The van der Waals surface area contributed by atoms with Crippen molar-refractivity contribution in [2.75, 3.05) is 18.4 Å². The molecule has 1 saturated heterocycles. The summed E-state index contributed by atoms with van der Waals surface area (Å²) < 4.78 is 5.46. The zero-order valence-corrected chi connectivity index (χ0v) is 21.6. The third-order valence-electron chi connectivity index (χ3n) is 4.99. The Labute approximate surface area is 214 Å². The molecule has 190 valence electrons. The fourth-order valence-corrected chi connectivity index (χ4v) is 4.39. The number of piperidine rings is 1. The van der Waals surface area contributed by atoms with E-state index in [0.29, 0.717) is 30.8 Å². The van der Waals surface area contributed by atoms with Crippen LogP contribution in [0, 0.1) is 11.8 Å². The first-order valence-electron chi connectivity index (χ1n) is 11.6. The van der Waals surface area contributed by atoms with Crippen LogP contribution in [0.5, 0.6) is 0 Å². The van der Waals surface area contributed by atoms with Crippen LogP contribution in [0.25, 0.3) is 0 Å². The fraction of sp³-hybridized carbons (Fsp3) is 0.385. The number of thiophene rings is 1. The van der Waals surface area contributed by atoms with E-state index in [1.165, 1.54) is 6.92 Å². The van der Waals surface area contributed by atoms with Crippen molar-refractivity contribution in [3.05, 3.63) is 51.7 Å². The zero-order chi connectivity index (χ0) is 26.3. The van der Waals surface area contributed by atoms with Crippen molar-refractivity contribution in [1.29, 1.82) is 0 Å². The molecule has 3 rings (SSSR count). The number of imide groups is 1. The van der Waals surface area contributed by atoms with Gasteiger partial charge in [0.1, 0.15) is 10.5 Å². The van der Waals surface area contributed by atoms with Gasteiger partial charge in [0.15, 0.2) is 0 Å². The Bertz CT molecular complexity index is 1190. The summed E-state index contributed by atoms with van der Waals surface area (Å²) in [7, 11) is 0. The lowest BCUT2D eigenvalue weighted by Crippen LogP contribution is -2.50. The van der Waals surface area contributed by atoms with Crippen LogP contribution < -0.4 is 16.0 Å². The van der Waals surface area contributed by atoms with E-state index in [1.807, 2.05) is 30.3 Å². The van der Waals surface area contributed by atoms with Gasteiger partial charge in [0.2, 0.25) is 5.91 Å². The molecule has 0 radical (unpaired) electrons. The van der Waals surface area contributed by atoms with Gasteiger partial charge < -0.3 is 20.3 Å². The number of hydrogen-bond donors (Lipinski definition) is 3. The second-order valence-corrected chi connectivity index (χ2v) is 10.4. The summed E-state index contributed by atoms with van der Waals surface area (Å²) in [5.74, 6) is 5.12. The van der Waals surface area contributed by atoms with Crippen molar-refractivity contribution in [2.45, 2.75) is 52.2 Å². The standard InChI is InChI=1S/C26H30N4O5S/c1-17(31)27-24(33)29-21-15-20(13-12-18-9-6-5-7-10-18)36-22(21)23(32)28-19-11-8-14-30(16-19)25(34)35-26(2,3)4/h5-7,9-10,15,19H,8,11,14,16H2,1-4H3,(H,28,32)(H2,27,29,31,33)/t19-/m0/s1. The smallest absolute Gasteiger partial charge is 0.410 e. The minimum atomic E-state index is -0.745. The van der Waals surface area contributed by atoms with Crippen LogP contribution in [0.15, 0.2) is 36.4 Å². The number of nitrogens with one attached hydrogen (secondary N) is 3. The molecule has 1 fully saturated rings. The van der Waals surface area contributed by atoms with Gasteiger partial charge in [-0.1, -0.05) is 30.0 Å². The predicted molar refractivity (Wildman–Crippen MR) is 138 cm³/mol. The Hall–Kier alpha value is -3.84. The topological polar surface area (TPSA) is 117 Å². The van der Waals surface area contributed by atoms with E-state index in [1.54, 1.807) is 31.7 Å². The predicted octanol–water partition coefficient (Wildman–Crippen LogP) is 3.95. The number of likely N-dealkylation sites (tertiary alicyclic amines) is 1. The number of hydrogen-bond acceptors (Lipinski definition) is 6. The molecule has 0 saturated carbocycles. The van der Waals surface area contributed by atoms with Gasteiger partial charge in [-0.05, 0) is 51.8 Å². The molecule has 0 aliphatic carbocycles. The van der Waals surface area contributed by atoms with Crippen LogP contribution in [-0.4, -0.2) is 53.6 Å². The summed E-state index contributed by atoms with van der Waals surface area (Å²) in [6, 6.07) is 9.96. The Balaban J connectivity index is 1.77. The highest BCUT2D eigenvalue weighted by molar-refractivity contribution is 7.15. The van der Waals surface area contributed by atoms with Gasteiger partial charge in [-0.25, -0.2) is 9.59 Å². The van der Waals surface area contributed by atoms with Crippen LogP contribution in [0.4, 0.5) is 15.3 Å². The number of ether oxygens (including phenoxy) is 1. The monoisotopic (exact) mass is 510 g/mol. The minimum absolute atomic E-state index is 0.244. The van der Waals surface area contributed by atoms with Gasteiger partial charge in [-0.2, -0.15) is 0 Å². The first-order valence-corrected chi connectivity index (χ1v) is 12.4. The van der Waals surface area contributed by atoms with Crippen LogP contribution >= 0.6 is 11.3 Å². The van der Waals surface area contributed by atoms with Crippen molar-refractivity contribution in [1.82, 2.24) is 15.5 Å². The number of carbonyl (C=O) groups is 4. The molecule has 2 heterocycles. The quantitative estimate of drug-likeness (QED) is 0.541. The largest absolute Gasteiger partial charge is 0.444 e. The lowest BCUT2D eigenvalue weighted by atomic mass is 10.1. The zero-order valence-electron chi connectivity index (χ0n) is 20.8. The molecular weight excluding hydrogens is 480 g/mol. The second kappa shape index (κ2) is 11.7. The highest BCUT2D eigenvalue weighted by Gasteiger charge is 2.29. The summed E-state index contributed by atoms with van der Waals surface area (Å²) in [6.45, 7) is 7.51. The molecule has 0 bridgehead atoms. The summed E-state index contributed by atoms with van der Waals surface area (Å²) in [5.41, 5.74) is 0.446. The van der Waals surface area contributed by atoms with Gasteiger partial charge >= 0.3 is 12.1 Å². The number of nitrogens with zero attached hydrogens (tertiary/aromatic N) is 1. The number of rotatable bonds is 3. The molecule has 1 aromatic heterocycles. The summed E-state index contributed by atoms with van der Waals surface area (Å²) in [4.78, 5) is 51.5. The molecule has 1 atom stereocenters. The van der Waals surface area contributed by atoms with Gasteiger partial charge in [0.05, 0.1) is 10.6 Å². The van der Waals surface area contributed by atoms with Crippen LogP contribution in [0.1, 0.15) is 60.6 Å². The number of anilines is 1. The highest BCUT2D eigenvalue weighted by atomic mass is 32.1. The first kappa shape index (κ1) is 26.8. The number of amides is 5. The Morgan fingerprint density at radius 2 is 1.83 bits per heavy atom. The molecule has 0 spiro atoms. The molecule has 9 nitrogen and oxygen atoms in total. The van der Waals surface area contributed by atoms with E-state index in [-0.39, 0.29) is 16.6 Å². The van der Waals surface area contributed by atoms with Crippen LogP contribution in [-0.2, 0) is 9.53 Å². The van der Waals surface area contributed by atoms with Gasteiger partial charge in [0.25, 0.3) is 5.91 Å². The SMILES string of the molecule is CC(=O)NC(=O)Nc1cc(C#Cc2ccccc2)sc1C(=O)N[C@H]1CCCN(C(=O)OC(C)(C)C)C1. The lowest BCUT2D eigenvalue weighted by molar-refractivity contribution is -0.117. The van der Waals surface area contributed by atoms with Gasteiger partial charge in [0, 0.05) is 31.6 Å². The van der Waals surface area contributed by atoms with E-state index in [2.05, 4.69) is 27.8 Å². The molecule has 2 aromatic rings. The maximum atomic E-state index is 13.2. The average molecular weight is 511 g/mol. The molecule has 10 heteroatoms. The van der Waals surface area contributed by atoms with Gasteiger partial charge in [-0.3, -0.25) is 14.9 Å². The average Bonchev–Trinajstić information content (AvgIpc) is 3.19. The first-order chi connectivity index (χ1) is 17.0. The maximum absolute atomic E-state index is 13.2. The van der Waals surface area contributed by atoms with Crippen molar-refractivity contribution in [3.8, 4) is 11.8 Å². The highest BCUT2D eigenvalue weighted by Crippen LogP contribution is 2.27. The van der Waals surface area contributed by atoms with Crippen molar-refractivity contribution >= 4 is 41.0 Å². The van der Waals surface area contributed by atoms with Crippen LogP contribution in [0.3, 0.4) is 0 Å². The number of benzene rings is 1. The van der Waals surface area contributed by atoms with E-state index >= 15 is 0 Å². The van der Waals surface area contributed by atoms with Gasteiger partial charge in [-0.15, -0.1) is 11.3 Å². The lowest BCUT2D eigenvalue weighted by Gasteiger charge is -2.34. The molecule has 36 heavy (non-hydrogen) atoms. The summed E-state index contributed by atoms with van der Waals surface area (Å²) >= 11 is 1.13. The fourth-order valence-electron chi connectivity index (χ4n) is 3.52. The third-order valence-corrected chi connectivity index (χ3v) is 6.04. The number of carbonyl (C=O) groups excluding carboxylic acids is 4. The van der Waals surface area contributed by atoms with Crippen molar-refractivity contribution in [2.24, 2.45) is 0 Å². The molecule has 5 amide bonds. The van der Waals surface area contributed by atoms with E-state index in [9.17, 15) is 19.2 Å².